The minimum Gasteiger partial charge on any atom is -0.462 e. The molecule has 0 bridgehead atoms. The quantitative estimate of drug-likeness (QED) is 0.727. The number of hydrogen-bond acceptors (Lipinski definition) is 2. The molecular formula is C17H15NO2. The van der Waals surface area contributed by atoms with E-state index in [4.69, 9.17) is 4.74 Å². The lowest BCUT2D eigenvalue weighted by Gasteiger charge is -2.08. The summed E-state index contributed by atoms with van der Waals surface area (Å²) in [7, 11) is 0. The highest BCUT2D eigenvalue weighted by molar-refractivity contribution is 6.03. The molecular weight excluding hydrogens is 250 g/mol. The van der Waals surface area contributed by atoms with Gasteiger partial charge in [-0.1, -0.05) is 36.4 Å². The van der Waals surface area contributed by atoms with E-state index in [1.807, 2.05) is 55.6 Å². The molecule has 0 aliphatic rings. The molecule has 100 valence electrons. The van der Waals surface area contributed by atoms with Gasteiger partial charge in [-0.05, 0) is 24.6 Å². The van der Waals surface area contributed by atoms with Crippen molar-refractivity contribution in [2.75, 3.05) is 6.61 Å². The van der Waals surface area contributed by atoms with Gasteiger partial charge < -0.3 is 9.72 Å². The molecule has 0 radical (unpaired) electrons. The van der Waals surface area contributed by atoms with E-state index in [9.17, 15) is 4.79 Å². The van der Waals surface area contributed by atoms with Gasteiger partial charge in [0.1, 0.15) is 0 Å². The predicted molar refractivity (Wildman–Crippen MR) is 79.7 cm³/mol. The highest BCUT2D eigenvalue weighted by Gasteiger charge is 2.15. The summed E-state index contributed by atoms with van der Waals surface area (Å²) in [5.74, 6) is -0.284. The zero-order valence-electron chi connectivity index (χ0n) is 11.2. The monoisotopic (exact) mass is 265 g/mol. The van der Waals surface area contributed by atoms with Gasteiger partial charge in [-0.3, -0.25) is 0 Å². The Hall–Kier alpha value is -2.55. The number of aromatic nitrogens is 1. The first-order valence-electron chi connectivity index (χ1n) is 6.64. The highest BCUT2D eigenvalue weighted by atomic mass is 16.5. The van der Waals surface area contributed by atoms with Crippen LogP contribution < -0.4 is 0 Å². The Morgan fingerprint density at radius 1 is 1.05 bits per heavy atom. The Bertz CT molecular complexity index is 758. The van der Waals surface area contributed by atoms with E-state index in [1.165, 1.54) is 0 Å². The van der Waals surface area contributed by atoms with E-state index in [0.29, 0.717) is 12.2 Å². The van der Waals surface area contributed by atoms with Crippen molar-refractivity contribution in [1.29, 1.82) is 0 Å². The van der Waals surface area contributed by atoms with E-state index in [-0.39, 0.29) is 5.97 Å². The smallest absolute Gasteiger partial charge is 0.338 e. The number of carbonyl (C=O) groups excluding carboxylic acids is 1. The average Bonchev–Trinajstić information content (AvgIpc) is 2.91. The lowest BCUT2D eigenvalue weighted by atomic mass is 9.99. The van der Waals surface area contributed by atoms with Crippen LogP contribution in [0.4, 0.5) is 0 Å². The highest BCUT2D eigenvalue weighted by Crippen LogP contribution is 2.31. The zero-order chi connectivity index (χ0) is 13.9. The van der Waals surface area contributed by atoms with Gasteiger partial charge in [0.25, 0.3) is 0 Å². The molecule has 2 aromatic carbocycles. The minimum atomic E-state index is -0.284. The van der Waals surface area contributed by atoms with Crippen LogP contribution in [-0.4, -0.2) is 17.6 Å². The molecule has 3 rings (SSSR count). The SMILES string of the molecule is CCOC(=O)c1ccccc1-c1c[nH]c2ccccc12. The number of esters is 1. The summed E-state index contributed by atoms with van der Waals surface area (Å²) >= 11 is 0. The fourth-order valence-electron chi connectivity index (χ4n) is 2.40. The van der Waals surface area contributed by atoms with Crippen LogP contribution in [0.2, 0.25) is 0 Å². The number of carbonyl (C=O) groups is 1. The number of para-hydroxylation sites is 1. The normalized spacial score (nSPS) is 10.7. The maximum atomic E-state index is 12.1. The summed E-state index contributed by atoms with van der Waals surface area (Å²) in [4.78, 5) is 15.3. The van der Waals surface area contributed by atoms with Crippen molar-refractivity contribution < 1.29 is 9.53 Å². The molecule has 0 unspecified atom stereocenters. The number of nitrogens with one attached hydrogen (secondary N) is 1. The largest absolute Gasteiger partial charge is 0.462 e. The molecule has 0 atom stereocenters. The molecule has 0 fully saturated rings. The third-order valence-electron chi connectivity index (χ3n) is 3.30. The molecule has 3 aromatic rings. The number of benzene rings is 2. The van der Waals surface area contributed by atoms with E-state index in [1.54, 1.807) is 6.07 Å². The Labute approximate surface area is 117 Å². The number of rotatable bonds is 3. The van der Waals surface area contributed by atoms with Crippen LogP contribution in [0, 0.1) is 0 Å². The maximum absolute atomic E-state index is 12.1. The van der Waals surface area contributed by atoms with E-state index in [2.05, 4.69) is 4.98 Å². The summed E-state index contributed by atoms with van der Waals surface area (Å²) in [5.41, 5.74) is 3.56. The van der Waals surface area contributed by atoms with Gasteiger partial charge in [0.05, 0.1) is 12.2 Å². The fraction of sp³-hybridized carbons (Fsp3) is 0.118. The summed E-state index contributed by atoms with van der Waals surface area (Å²) in [6.45, 7) is 2.19. The molecule has 0 aliphatic heterocycles. The van der Waals surface area contributed by atoms with Crippen molar-refractivity contribution in [3.63, 3.8) is 0 Å². The summed E-state index contributed by atoms with van der Waals surface area (Å²) < 4.78 is 5.13. The van der Waals surface area contributed by atoms with Gasteiger partial charge in [0.15, 0.2) is 0 Å². The molecule has 0 saturated carbocycles. The number of H-pyrrole nitrogens is 1. The molecule has 0 saturated heterocycles. The van der Waals surface area contributed by atoms with Crippen molar-refractivity contribution in [2.24, 2.45) is 0 Å². The molecule has 20 heavy (non-hydrogen) atoms. The summed E-state index contributed by atoms with van der Waals surface area (Å²) in [5, 5.41) is 1.10. The second-order valence-corrected chi connectivity index (χ2v) is 4.51. The second kappa shape index (κ2) is 5.21. The average molecular weight is 265 g/mol. The van der Waals surface area contributed by atoms with Gasteiger partial charge in [-0.25, -0.2) is 4.79 Å². The van der Waals surface area contributed by atoms with Crippen LogP contribution in [0.15, 0.2) is 54.7 Å². The molecule has 3 nitrogen and oxygen atoms in total. The van der Waals surface area contributed by atoms with Crippen molar-refractivity contribution >= 4 is 16.9 Å². The number of fused-ring (bicyclic) bond motifs is 1. The fourth-order valence-corrected chi connectivity index (χ4v) is 2.40. The van der Waals surface area contributed by atoms with E-state index >= 15 is 0 Å². The third-order valence-corrected chi connectivity index (χ3v) is 3.30. The lowest BCUT2D eigenvalue weighted by molar-refractivity contribution is 0.0527. The van der Waals surface area contributed by atoms with Crippen molar-refractivity contribution in [2.45, 2.75) is 6.92 Å². The predicted octanol–water partition coefficient (Wildman–Crippen LogP) is 4.01. The number of hydrogen-bond donors (Lipinski definition) is 1. The zero-order valence-corrected chi connectivity index (χ0v) is 11.2. The van der Waals surface area contributed by atoms with Crippen LogP contribution in [0.3, 0.4) is 0 Å². The van der Waals surface area contributed by atoms with Crippen LogP contribution in [0.5, 0.6) is 0 Å². The maximum Gasteiger partial charge on any atom is 0.338 e. The first kappa shape index (κ1) is 12.5. The van der Waals surface area contributed by atoms with Crippen LogP contribution >= 0.6 is 0 Å². The standard InChI is InChI=1S/C17H15NO2/c1-2-20-17(19)14-9-4-3-7-12(14)15-11-18-16-10-6-5-8-13(15)16/h3-11,18H,2H2,1H3. The topological polar surface area (TPSA) is 42.1 Å². The molecule has 0 amide bonds. The first-order valence-corrected chi connectivity index (χ1v) is 6.64. The summed E-state index contributed by atoms with van der Waals surface area (Å²) in [6.07, 6.45) is 1.93. The summed E-state index contributed by atoms with van der Waals surface area (Å²) in [6, 6.07) is 15.6. The van der Waals surface area contributed by atoms with Crippen LogP contribution in [-0.2, 0) is 4.74 Å². The van der Waals surface area contributed by atoms with Gasteiger partial charge >= 0.3 is 5.97 Å². The molecule has 1 heterocycles. The first-order chi connectivity index (χ1) is 9.81. The number of aromatic amines is 1. The third kappa shape index (κ3) is 2.07. The van der Waals surface area contributed by atoms with E-state index < -0.39 is 0 Å². The van der Waals surface area contributed by atoms with E-state index in [0.717, 1.165) is 22.0 Å². The van der Waals surface area contributed by atoms with Gasteiger partial charge in [0, 0.05) is 22.7 Å². The van der Waals surface area contributed by atoms with Crippen LogP contribution in [0.1, 0.15) is 17.3 Å². The molecule has 1 N–H and O–H groups in total. The Kier molecular flexibility index (Phi) is 3.25. The molecule has 3 heteroatoms. The van der Waals surface area contributed by atoms with Gasteiger partial charge in [-0.15, -0.1) is 0 Å². The second-order valence-electron chi connectivity index (χ2n) is 4.51. The molecule has 1 aromatic heterocycles. The van der Waals surface area contributed by atoms with Gasteiger partial charge in [-0.2, -0.15) is 0 Å². The minimum absolute atomic E-state index is 0.284. The molecule has 0 aliphatic carbocycles. The van der Waals surface area contributed by atoms with Crippen molar-refractivity contribution in [3.8, 4) is 11.1 Å². The Morgan fingerprint density at radius 2 is 1.80 bits per heavy atom. The van der Waals surface area contributed by atoms with Crippen molar-refractivity contribution in [3.05, 3.63) is 60.3 Å². The van der Waals surface area contributed by atoms with Crippen LogP contribution in [0.25, 0.3) is 22.0 Å². The Balaban J connectivity index is 2.17. The molecule has 0 spiro atoms. The Morgan fingerprint density at radius 3 is 2.65 bits per heavy atom. The lowest BCUT2D eigenvalue weighted by Crippen LogP contribution is -2.06. The number of ether oxygens (including phenoxy) is 1. The van der Waals surface area contributed by atoms with Crippen molar-refractivity contribution in [1.82, 2.24) is 4.98 Å². The van der Waals surface area contributed by atoms with Gasteiger partial charge in [0.2, 0.25) is 0 Å².